The second kappa shape index (κ2) is 9.73. The van der Waals surface area contributed by atoms with Crippen molar-refractivity contribution >= 4 is 36.2 Å². The van der Waals surface area contributed by atoms with E-state index in [4.69, 9.17) is 5.73 Å². The van der Waals surface area contributed by atoms with Crippen LogP contribution in [0, 0.1) is 10.1 Å². The highest BCUT2D eigenvalue weighted by Crippen LogP contribution is 2.48. The van der Waals surface area contributed by atoms with Crippen molar-refractivity contribution in [3.63, 3.8) is 0 Å². The number of piperidine rings is 1. The van der Waals surface area contributed by atoms with Gasteiger partial charge in [0, 0.05) is 28.9 Å². The summed E-state index contributed by atoms with van der Waals surface area (Å²) in [7, 11) is 0. The van der Waals surface area contributed by atoms with Gasteiger partial charge in [0.25, 0.3) is 0 Å². The minimum absolute atomic E-state index is 0. The molecule has 1 aliphatic heterocycles. The molecule has 1 fully saturated rings. The van der Waals surface area contributed by atoms with Crippen LogP contribution in [0.4, 0.5) is 11.4 Å². The van der Waals surface area contributed by atoms with Crippen LogP contribution in [-0.4, -0.2) is 41.1 Å². The molecule has 3 heterocycles. The molecule has 1 aliphatic rings. The maximum atomic E-state index is 11.2. The average Bonchev–Trinajstić information content (AvgIpc) is 3.16. The number of anilines is 1. The third-order valence-electron chi connectivity index (χ3n) is 5.82. The number of aromatic hydroxyl groups is 1. The molecule has 0 radical (unpaired) electrons. The van der Waals surface area contributed by atoms with Gasteiger partial charge in [0.05, 0.1) is 27.6 Å². The third-order valence-corrected chi connectivity index (χ3v) is 5.82. The van der Waals surface area contributed by atoms with E-state index in [1.165, 1.54) is 17.1 Å². The standard InChI is InChI=1S/C22H27N7O3.2ClH/c1-21(2)9-13(10-22(3,4)27-21)18-16(28-12-14(11-25-28)29(31)32)8-17(30)19(20(18)23)15-6-5-7-24-26-15;;/h5-8,11-13,27,30H,9-10,23H2,1-4H3;2*1H. The fourth-order valence-corrected chi connectivity index (χ4v) is 5.08. The fourth-order valence-electron chi connectivity index (χ4n) is 5.08. The van der Waals surface area contributed by atoms with Crippen molar-refractivity contribution in [2.75, 3.05) is 5.73 Å². The van der Waals surface area contributed by atoms with E-state index in [0.717, 1.165) is 18.4 Å². The van der Waals surface area contributed by atoms with E-state index in [2.05, 4.69) is 48.3 Å². The predicted molar refractivity (Wildman–Crippen MR) is 135 cm³/mol. The molecule has 1 saturated heterocycles. The summed E-state index contributed by atoms with van der Waals surface area (Å²) in [6, 6.07) is 5.01. The molecule has 0 aliphatic carbocycles. The molecule has 3 aromatic rings. The first kappa shape index (κ1) is 27.3. The lowest BCUT2D eigenvalue weighted by molar-refractivity contribution is -0.384. The number of rotatable bonds is 4. The number of aromatic nitrogens is 4. The summed E-state index contributed by atoms with van der Waals surface area (Å²) in [6.07, 6.45) is 5.62. The Morgan fingerprint density at radius 1 is 1.24 bits per heavy atom. The van der Waals surface area contributed by atoms with Crippen LogP contribution in [0.2, 0.25) is 0 Å². The third kappa shape index (κ3) is 5.24. The molecular weight excluding hydrogens is 481 g/mol. The van der Waals surface area contributed by atoms with Crippen molar-refractivity contribution in [1.82, 2.24) is 25.3 Å². The maximum Gasteiger partial charge on any atom is 0.307 e. The number of nitrogens with zero attached hydrogens (tertiary/aromatic N) is 5. The summed E-state index contributed by atoms with van der Waals surface area (Å²) in [5, 5.41) is 38.0. The van der Waals surface area contributed by atoms with Crippen molar-refractivity contribution in [3.05, 3.63) is 52.5 Å². The fraction of sp³-hybridized carbons (Fsp3) is 0.409. The van der Waals surface area contributed by atoms with Gasteiger partial charge in [-0.3, -0.25) is 10.1 Å². The summed E-state index contributed by atoms with van der Waals surface area (Å²) >= 11 is 0. The van der Waals surface area contributed by atoms with Gasteiger partial charge >= 0.3 is 5.69 Å². The lowest BCUT2D eigenvalue weighted by atomic mass is 9.72. The van der Waals surface area contributed by atoms with Crippen LogP contribution in [-0.2, 0) is 0 Å². The molecule has 0 unspecified atom stereocenters. The second-order valence-electron chi connectivity index (χ2n) is 9.62. The summed E-state index contributed by atoms with van der Waals surface area (Å²) in [6.45, 7) is 8.55. The molecule has 0 spiro atoms. The van der Waals surface area contributed by atoms with Crippen LogP contribution >= 0.6 is 24.8 Å². The van der Waals surface area contributed by atoms with Gasteiger partial charge in [-0.25, -0.2) is 4.68 Å². The molecule has 34 heavy (non-hydrogen) atoms. The van der Waals surface area contributed by atoms with Gasteiger partial charge in [0.1, 0.15) is 18.1 Å². The highest BCUT2D eigenvalue weighted by Gasteiger charge is 2.40. The number of nitrogen functional groups attached to an aromatic ring is 1. The molecule has 1 aromatic carbocycles. The van der Waals surface area contributed by atoms with Crippen LogP contribution in [0.3, 0.4) is 0 Å². The van der Waals surface area contributed by atoms with E-state index in [9.17, 15) is 15.2 Å². The molecule has 184 valence electrons. The van der Waals surface area contributed by atoms with Crippen molar-refractivity contribution in [1.29, 1.82) is 0 Å². The number of phenolic OH excluding ortho intramolecular Hbond substituents is 1. The zero-order valence-electron chi connectivity index (χ0n) is 19.3. The van der Waals surface area contributed by atoms with E-state index in [1.54, 1.807) is 24.4 Å². The zero-order valence-corrected chi connectivity index (χ0v) is 21.0. The molecule has 12 heteroatoms. The Balaban J connectivity index is 0.00000204. The number of hydrogen-bond acceptors (Lipinski definition) is 8. The average molecular weight is 510 g/mol. The number of halogens is 2. The number of nitrogens with one attached hydrogen (secondary N) is 1. The number of nitro groups is 1. The lowest BCUT2D eigenvalue weighted by Gasteiger charge is -2.47. The summed E-state index contributed by atoms with van der Waals surface area (Å²) in [5.74, 6) is -0.0807. The van der Waals surface area contributed by atoms with Gasteiger partial charge in [-0.1, -0.05) is 0 Å². The topological polar surface area (TPSA) is 145 Å². The SMILES string of the molecule is CC1(C)CC(c2c(-n3cc([N+](=O)[O-])cn3)cc(O)c(-c3cccnn3)c2N)CC(C)(C)N1.Cl.Cl. The zero-order chi connectivity index (χ0) is 23.3. The highest BCUT2D eigenvalue weighted by atomic mass is 35.5. The van der Waals surface area contributed by atoms with Crippen molar-refractivity contribution in [2.45, 2.75) is 57.5 Å². The smallest absolute Gasteiger partial charge is 0.307 e. The van der Waals surface area contributed by atoms with Crippen LogP contribution in [0.25, 0.3) is 16.9 Å². The number of hydrogen-bond donors (Lipinski definition) is 3. The minimum atomic E-state index is -0.503. The van der Waals surface area contributed by atoms with Gasteiger partial charge in [-0.2, -0.15) is 15.3 Å². The Bertz CT molecular complexity index is 1170. The predicted octanol–water partition coefficient (Wildman–Crippen LogP) is 4.39. The summed E-state index contributed by atoms with van der Waals surface area (Å²) in [5.41, 5.74) is 8.74. The quantitative estimate of drug-likeness (QED) is 0.266. The monoisotopic (exact) mass is 509 g/mol. The van der Waals surface area contributed by atoms with E-state index >= 15 is 0 Å². The van der Waals surface area contributed by atoms with E-state index in [1.807, 2.05) is 0 Å². The van der Waals surface area contributed by atoms with Crippen LogP contribution in [0.15, 0.2) is 36.8 Å². The van der Waals surface area contributed by atoms with E-state index in [-0.39, 0.29) is 53.2 Å². The molecule has 0 atom stereocenters. The van der Waals surface area contributed by atoms with Crippen molar-refractivity contribution in [3.8, 4) is 22.7 Å². The molecule has 4 rings (SSSR count). The van der Waals surface area contributed by atoms with Gasteiger partial charge in [-0.05, 0) is 58.6 Å². The summed E-state index contributed by atoms with van der Waals surface area (Å²) < 4.78 is 1.41. The largest absolute Gasteiger partial charge is 0.507 e. The molecule has 0 bridgehead atoms. The number of phenols is 1. The minimum Gasteiger partial charge on any atom is -0.507 e. The van der Waals surface area contributed by atoms with Crippen LogP contribution < -0.4 is 11.1 Å². The van der Waals surface area contributed by atoms with E-state index in [0.29, 0.717) is 22.6 Å². The molecule has 0 amide bonds. The number of benzene rings is 1. The van der Waals surface area contributed by atoms with Gasteiger partial charge < -0.3 is 16.2 Å². The van der Waals surface area contributed by atoms with Crippen LogP contribution in [0.5, 0.6) is 5.75 Å². The van der Waals surface area contributed by atoms with Crippen molar-refractivity contribution in [2.24, 2.45) is 0 Å². The maximum absolute atomic E-state index is 11.2. The molecule has 10 nitrogen and oxygen atoms in total. The molecule has 2 aromatic heterocycles. The Morgan fingerprint density at radius 3 is 2.41 bits per heavy atom. The molecular formula is C22H29Cl2N7O3. The Hall–Kier alpha value is -2.95. The Morgan fingerprint density at radius 2 is 1.88 bits per heavy atom. The lowest BCUT2D eigenvalue weighted by Crippen LogP contribution is -2.57. The van der Waals surface area contributed by atoms with Gasteiger partial charge in [0.15, 0.2) is 0 Å². The second-order valence-corrected chi connectivity index (χ2v) is 9.62. The van der Waals surface area contributed by atoms with Crippen LogP contribution in [0.1, 0.15) is 52.0 Å². The number of nitrogens with two attached hydrogens (primary N) is 1. The normalized spacial score (nSPS) is 16.8. The Labute approximate surface area is 209 Å². The highest BCUT2D eigenvalue weighted by molar-refractivity contribution is 5.86. The summed E-state index contributed by atoms with van der Waals surface area (Å²) in [4.78, 5) is 10.7. The molecule has 0 saturated carbocycles. The first-order chi connectivity index (χ1) is 15.0. The van der Waals surface area contributed by atoms with Gasteiger partial charge in [0.2, 0.25) is 0 Å². The molecule has 4 N–H and O–H groups in total. The van der Waals surface area contributed by atoms with Gasteiger partial charge in [-0.15, -0.1) is 24.8 Å². The first-order valence-corrected chi connectivity index (χ1v) is 10.4. The van der Waals surface area contributed by atoms with E-state index < -0.39 is 4.92 Å². The first-order valence-electron chi connectivity index (χ1n) is 10.4. The Kier molecular flexibility index (Phi) is 7.81. The van der Waals surface area contributed by atoms with Crippen molar-refractivity contribution < 1.29 is 10.0 Å².